The Hall–Kier alpha value is -0.0900. The van der Waals surface area contributed by atoms with Crippen LogP contribution < -0.4 is 4.72 Å². The molecule has 1 aliphatic carbocycles. The summed E-state index contributed by atoms with van der Waals surface area (Å²) in [6.45, 7) is 4.11. The van der Waals surface area contributed by atoms with E-state index in [-0.39, 0.29) is 11.2 Å². The van der Waals surface area contributed by atoms with E-state index in [4.69, 9.17) is 0 Å². The minimum Gasteiger partial charge on any atom is -0.218 e. The van der Waals surface area contributed by atoms with Gasteiger partial charge in [-0.3, -0.25) is 0 Å². The van der Waals surface area contributed by atoms with Gasteiger partial charge in [0.1, 0.15) is 0 Å². The zero-order chi connectivity index (χ0) is 8.70. The van der Waals surface area contributed by atoms with Crippen LogP contribution in [0.25, 0.3) is 0 Å². The third-order valence-electron chi connectivity index (χ3n) is 2.63. The summed E-state index contributed by atoms with van der Waals surface area (Å²) in [4.78, 5) is 0. The van der Waals surface area contributed by atoms with Crippen LogP contribution in [-0.2, 0) is 10.0 Å². The quantitative estimate of drug-likeness (QED) is 0.685. The summed E-state index contributed by atoms with van der Waals surface area (Å²) in [7, 11) is -1.53. The lowest BCUT2D eigenvalue weighted by atomic mass is 10.1. The molecule has 2 atom stereocenters. The minimum atomic E-state index is -3.00. The summed E-state index contributed by atoms with van der Waals surface area (Å²) >= 11 is 0. The zero-order valence-corrected chi connectivity index (χ0v) is 8.03. The number of hydrogen-bond acceptors (Lipinski definition) is 2. The number of rotatable bonds is 3. The Morgan fingerprint density at radius 2 is 2.09 bits per heavy atom. The summed E-state index contributed by atoms with van der Waals surface area (Å²) in [6, 6.07) is 0. The summed E-state index contributed by atoms with van der Waals surface area (Å²) in [6.07, 6.45) is 1.04. The Morgan fingerprint density at radius 1 is 1.64 bits per heavy atom. The molecule has 1 N–H and O–H groups in total. The second-order valence-corrected chi connectivity index (χ2v) is 5.65. The number of nitrogens with one attached hydrogen (secondary N) is 1. The molecule has 0 aromatic heterocycles. The fourth-order valence-electron chi connectivity index (χ4n) is 1.35. The molecule has 11 heavy (non-hydrogen) atoms. The van der Waals surface area contributed by atoms with E-state index < -0.39 is 10.0 Å². The summed E-state index contributed by atoms with van der Waals surface area (Å²) in [5.41, 5.74) is 0.0435. The highest BCUT2D eigenvalue weighted by molar-refractivity contribution is 7.89. The average Bonchev–Trinajstić information content (AvgIpc) is 2.39. The summed E-state index contributed by atoms with van der Waals surface area (Å²) < 4.78 is 24.5. The molecule has 0 bridgehead atoms. The standard InChI is InChI=1S/C7H15NO2S/c1-6-4-7(6,2)5-11(9,10)8-3/h6,8H,4-5H2,1-3H3. The van der Waals surface area contributed by atoms with E-state index in [1.54, 1.807) is 0 Å². The smallest absolute Gasteiger partial charge is 0.211 e. The zero-order valence-electron chi connectivity index (χ0n) is 7.22. The van der Waals surface area contributed by atoms with Crippen molar-refractivity contribution in [3.8, 4) is 0 Å². The van der Waals surface area contributed by atoms with Crippen LogP contribution in [0, 0.1) is 11.3 Å². The van der Waals surface area contributed by atoms with E-state index in [9.17, 15) is 8.42 Å². The third kappa shape index (κ3) is 1.93. The molecule has 0 aliphatic heterocycles. The fourth-order valence-corrected chi connectivity index (χ4v) is 2.76. The van der Waals surface area contributed by atoms with Gasteiger partial charge in [-0.2, -0.15) is 0 Å². The lowest BCUT2D eigenvalue weighted by molar-refractivity contribution is 0.540. The maximum atomic E-state index is 11.1. The maximum absolute atomic E-state index is 11.1. The molecule has 0 spiro atoms. The predicted octanol–water partition coefficient (Wildman–Crippen LogP) is 0.582. The molecule has 3 nitrogen and oxygen atoms in total. The Bertz CT molecular complexity index is 247. The van der Waals surface area contributed by atoms with E-state index in [2.05, 4.69) is 11.6 Å². The first kappa shape index (κ1) is 9.00. The van der Waals surface area contributed by atoms with E-state index in [1.807, 2.05) is 6.92 Å². The van der Waals surface area contributed by atoms with Gasteiger partial charge in [0, 0.05) is 0 Å². The van der Waals surface area contributed by atoms with Crippen LogP contribution in [0.5, 0.6) is 0 Å². The average molecular weight is 177 g/mol. The highest BCUT2D eigenvalue weighted by Gasteiger charge is 2.49. The normalized spacial score (nSPS) is 37.2. The molecule has 66 valence electrons. The second kappa shape index (κ2) is 2.45. The maximum Gasteiger partial charge on any atom is 0.211 e. The van der Waals surface area contributed by atoms with Crippen molar-refractivity contribution in [2.45, 2.75) is 20.3 Å². The van der Waals surface area contributed by atoms with Crippen LogP contribution in [0.2, 0.25) is 0 Å². The molecule has 0 aromatic rings. The molecule has 2 unspecified atom stereocenters. The molecule has 1 rings (SSSR count). The van der Waals surface area contributed by atoms with Gasteiger partial charge < -0.3 is 0 Å². The predicted molar refractivity (Wildman–Crippen MR) is 44.7 cm³/mol. The minimum absolute atomic E-state index is 0.0435. The Labute approximate surface area is 68.2 Å². The molecular formula is C7H15NO2S. The molecule has 0 radical (unpaired) electrons. The van der Waals surface area contributed by atoms with Crippen LogP contribution in [0.1, 0.15) is 20.3 Å². The molecule has 0 amide bonds. The molecule has 1 fully saturated rings. The second-order valence-electron chi connectivity index (χ2n) is 3.72. The monoisotopic (exact) mass is 177 g/mol. The summed E-state index contributed by atoms with van der Waals surface area (Å²) in [5, 5.41) is 0. The lowest BCUT2D eigenvalue weighted by Gasteiger charge is -2.08. The molecule has 1 saturated carbocycles. The van der Waals surface area contributed by atoms with E-state index in [0.717, 1.165) is 6.42 Å². The molecule has 0 saturated heterocycles. The van der Waals surface area contributed by atoms with Gasteiger partial charge in [0.15, 0.2) is 0 Å². The van der Waals surface area contributed by atoms with E-state index in [1.165, 1.54) is 7.05 Å². The van der Waals surface area contributed by atoms with Crippen LogP contribution in [0.4, 0.5) is 0 Å². The first-order chi connectivity index (χ1) is 4.90. The van der Waals surface area contributed by atoms with Gasteiger partial charge in [0.2, 0.25) is 10.0 Å². The van der Waals surface area contributed by atoms with Crippen molar-refractivity contribution in [3.63, 3.8) is 0 Å². The first-order valence-corrected chi connectivity index (χ1v) is 5.46. The van der Waals surface area contributed by atoms with Gasteiger partial charge >= 0.3 is 0 Å². The van der Waals surface area contributed by atoms with Crippen molar-refractivity contribution in [1.29, 1.82) is 0 Å². The van der Waals surface area contributed by atoms with Gasteiger partial charge in [-0.05, 0) is 24.8 Å². The van der Waals surface area contributed by atoms with E-state index in [0.29, 0.717) is 5.92 Å². The van der Waals surface area contributed by atoms with Crippen molar-refractivity contribution in [2.75, 3.05) is 12.8 Å². The molecular weight excluding hydrogens is 162 g/mol. The highest BCUT2D eigenvalue weighted by Crippen LogP contribution is 2.52. The Kier molecular flexibility index (Phi) is 2.01. The van der Waals surface area contributed by atoms with Crippen LogP contribution in [-0.4, -0.2) is 21.2 Å². The van der Waals surface area contributed by atoms with Crippen molar-refractivity contribution in [2.24, 2.45) is 11.3 Å². The van der Waals surface area contributed by atoms with Crippen molar-refractivity contribution in [3.05, 3.63) is 0 Å². The van der Waals surface area contributed by atoms with E-state index >= 15 is 0 Å². The summed E-state index contributed by atoms with van der Waals surface area (Å²) in [5.74, 6) is 0.836. The Balaban J connectivity index is 2.57. The van der Waals surface area contributed by atoms with Crippen molar-refractivity contribution < 1.29 is 8.42 Å². The van der Waals surface area contributed by atoms with Gasteiger partial charge in [-0.1, -0.05) is 13.8 Å². The largest absolute Gasteiger partial charge is 0.218 e. The highest BCUT2D eigenvalue weighted by atomic mass is 32.2. The van der Waals surface area contributed by atoms with Gasteiger partial charge in [-0.25, -0.2) is 13.1 Å². The van der Waals surface area contributed by atoms with Crippen molar-refractivity contribution >= 4 is 10.0 Å². The van der Waals surface area contributed by atoms with Gasteiger partial charge in [-0.15, -0.1) is 0 Å². The molecule has 4 heteroatoms. The van der Waals surface area contributed by atoms with Crippen LogP contribution >= 0.6 is 0 Å². The number of hydrogen-bond donors (Lipinski definition) is 1. The Morgan fingerprint density at radius 3 is 2.36 bits per heavy atom. The number of sulfonamides is 1. The fraction of sp³-hybridized carbons (Fsp3) is 1.00. The van der Waals surface area contributed by atoms with Crippen LogP contribution in [0.3, 0.4) is 0 Å². The van der Waals surface area contributed by atoms with Gasteiger partial charge in [0.05, 0.1) is 5.75 Å². The van der Waals surface area contributed by atoms with Crippen molar-refractivity contribution in [1.82, 2.24) is 4.72 Å². The molecule has 1 aliphatic rings. The van der Waals surface area contributed by atoms with Gasteiger partial charge in [0.25, 0.3) is 0 Å². The lowest BCUT2D eigenvalue weighted by Crippen LogP contribution is -2.27. The first-order valence-electron chi connectivity index (χ1n) is 3.81. The third-order valence-corrected chi connectivity index (χ3v) is 4.29. The topological polar surface area (TPSA) is 46.2 Å². The van der Waals surface area contributed by atoms with Crippen LogP contribution in [0.15, 0.2) is 0 Å². The molecule has 0 heterocycles. The SMILES string of the molecule is CNS(=O)(=O)CC1(C)CC1C. The molecule has 0 aromatic carbocycles.